The summed E-state index contributed by atoms with van der Waals surface area (Å²) in [6.45, 7) is 1.07. The number of hydrogen-bond donors (Lipinski definition) is 1. The Morgan fingerprint density at radius 1 is 1.43 bits per heavy atom. The normalized spacial score (nSPS) is 17.9. The Labute approximate surface area is 123 Å². The average molecular weight is 287 g/mol. The van der Waals surface area contributed by atoms with E-state index in [1.165, 1.54) is 0 Å². The maximum atomic E-state index is 12.4. The van der Waals surface area contributed by atoms with Crippen LogP contribution in [-0.4, -0.2) is 49.6 Å². The first-order chi connectivity index (χ1) is 10.2. The van der Waals surface area contributed by atoms with Crippen LogP contribution in [0.3, 0.4) is 0 Å². The largest absolute Gasteiger partial charge is 0.377 e. The summed E-state index contributed by atoms with van der Waals surface area (Å²) in [6.07, 6.45) is 0.208. The molecule has 1 atom stereocenters. The molecule has 2 rings (SSSR count). The fourth-order valence-electron chi connectivity index (χ4n) is 2.26. The second-order valence-corrected chi connectivity index (χ2v) is 4.78. The topological polar surface area (TPSA) is 82.4 Å². The third kappa shape index (κ3) is 3.58. The van der Waals surface area contributed by atoms with Gasteiger partial charge in [-0.1, -0.05) is 12.1 Å². The van der Waals surface area contributed by atoms with Crippen molar-refractivity contribution >= 4 is 11.8 Å². The number of carbonyl (C=O) groups excluding carboxylic acids is 2. The number of hydrogen-bond acceptors (Lipinski definition) is 4. The lowest BCUT2D eigenvalue weighted by Gasteiger charge is -2.34. The number of benzene rings is 1. The minimum absolute atomic E-state index is 0.114. The summed E-state index contributed by atoms with van der Waals surface area (Å²) in [4.78, 5) is 25.7. The molecule has 1 unspecified atom stereocenters. The SMILES string of the molecule is CNC(=O)C1COCCN1C(=O)Cc1ccc(C#N)cc1. The number of ether oxygens (including phenoxy) is 1. The number of nitriles is 1. The molecule has 110 valence electrons. The molecule has 0 aliphatic carbocycles. The molecule has 1 heterocycles. The fraction of sp³-hybridized carbons (Fsp3) is 0.400. The number of rotatable bonds is 3. The molecule has 0 saturated carbocycles. The summed E-state index contributed by atoms with van der Waals surface area (Å²) in [5, 5.41) is 11.3. The van der Waals surface area contributed by atoms with Crippen LogP contribution in [0.15, 0.2) is 24.3 Å². The fourth-order valence-corrected chi connectivity index (χ4v) is 2.26. The smallest absolute Gasteiger partial charge is 0.244 e. The number of likely N-dealkylation sites (N-methyl/N-ethyl adjacent to an activating group) is 1. The van der Waals surface area contributed by atoms with Crippen LogP contribution in [0.5, 0.6) is 0 Å². The molecule has 0 radical (unpaired) electrons. The van der Waals surface area contributed by atoms with Crippen molar-refractivity contribution in [2.24, 2.45) is 0 Å². The van der Waals surface area contributed by atoms with Crippen molar-refractivity contribution in [3.05, 3.63) is 35.4 Å². The maximum Gasteiger partial charge on any atom is 0.244 e. The van der Waals surface area contributed by atoms with Crippen LogP contribution in [-0.2, 0) is 20.7 Å². The molecule has 1 saturated heterocycles. The van der Waals surface area contributed by atoms with Gasteiger partial charge >= 0.3 is 0 Å². The van der Waals surface area contributed by atoms with Crippen LogP contribution in [0.25, 0.3) is 0 Å². The molecular weight excluding hydrogens is 270 g/mol. The second kappa shape index (κ2) is 6.86. The quantitative estimate of drug-likeness (QED) is 0.853. The van der Waals surface area contributed by atoms with Gasteiger partial charge in [0.2, 0.25) is 11.8 Å². The Kier molecular flexibility index (Phi) is 4.90. The lowest BCUT2D eigenvalue weighted by Crippen LogP contribution is -2.55. The summed E-state index contributed by atoms with van der Waals surface area (Å²) in [7, 11) is 1.54. The molecule has 0 aromatic heterocycles. The van der Waals surface area contributed by atoms with Gasteiger partial charge in [0.05, 0.1) is 31.3 Å². The summed E-state index contributed by atoms with van der Waals surface area (Å²) < 4.78 is 5.28. The Morgan fingerprint density at radius 2 is 2.14 bits per heavy atom. The minimum Gasteiger partial charge on any atom is -0.377 e. The first kappa shape index (κ1) is 15.0. The standard InChI is InChI=1S/C15H17N3O3/c1-17-15(20)13-10-21-7-6-18(13)14(19)8-11-2-4-12(9-16)5-3-11/h2-5,13H,6-8,10H2,1H3,(H,17,20). The van der Waals surface area contributed by atoms with E-state index >= 15 is 0 Å². The van der Waals surface area contributed by atoms with Gasteiger partial charge in [-0.2, -0.15) is 5.26 Å². The Morgan fingerprint density at radius 3 is 2.76 bits per heavy atom. The van der Waals surface area contributed by atoms with E-state index in [4.69, 9.17) is 10.00 Å². The molecule has 1 aliphatic rings. The van der Waals surface area contributed by atoms with Crippen LogP contribution in [0.2, 0.25) is 0 Å². The zero-order valence-electron chi connectivity index (χ0n) is 11.8. The van der Waals surface area contributed by atoms with Crippen molar-refractivity contribution in [1.82, 2.24) is 10.2 Å². The molecular formula is C15H17N3O3. The molecule has 1 aromatic rings. The molecule has 6 heteroatoms. The third-order valence-corrected chi connectivity index (χ3v) is 3.44. The predicted octanol–water partition coefficient (Wildman–Crippen LogP) is 0.0742. The number of nitrogens with one attached hydrogen (secondary N) is 1. The van der Waals surface area contributed by atoms with Gasteiger partial charge in [0.1, 0.15) is 6.04 Å². The van der Waals surface area contributed by atoms with Crippen LogP contribution < -0.4 is 5.32 Å². The third-order valence-electron chi connectivity index (χ3n) is 3.44. The minimum atomic E-state index is -0.574. The molecule has 1 fully saturated rings. The number of nitrogens with zero attached hydrogens (tertiary/aromatic N) is 2. The lowest BCUT2D eigenvalue weighted by atomic mass is 10.1. The van der Waals surface area contributed by atoms with Gasteiger partial charge in [0.15, 0.2) is 0 Å². The zero-order valence-corrected chi connectivity index (χ0v) is 11.8. The van der Waals surface area contributed by atoms with Crippen molar-refractivity contribution in [2.75, 3.05) is 26.8 Å². The zero-order chi connectivity index (χ0) is 15.2. The molecule has 2 amide bonds. The van der Waals surface area contributed by atoms with Gasteiger partial charge in [0, 0.05) is 13.6 Å². The van der Waals surface area contributed by atoms with E-state index in [0.29, 0.717) is 18.7 Å². The van der Waals surface area contributed by atoms with E-state index in [-0.39, 0.29) is 24.8 Å². The Hall–Kier alpha value is -2.39. The molecule has 6 nitrogen and oxygen atoms in total. The monoisotopic (exact) mass is 287 g/mol. The summed E-state index contributed by atoms with van der Waals surface area (Å²) in [5.41, 5.74) is 1.38. The molecule has 1 N–H and O–H groups in total. The highest BCUT2D eigenvalue weighted by atomic mass is 16.5. The Balaban J connectivity index is 2.06. The predicted molar refractivity (Wildman–Crippen MR) is 75.2 cm³/mol. The van der Waals surface area contributed by atoms with Gasteiger partial charge in [-0.15, -0.1) is 0 Å². The maximum absolute atomic E-state index is 12.4. The van der Waals surface area contributed by atoms with Crippen molar-refractivity contribution in [3.63, 3.8) is 0 Å². The molecule has 0 spiro atoms. The Bertz CT molecular complexity index is 563. The van der Waals surface area contributed by atoms with Crippen LogP contribution in [0.4, 0.5) is 0 Å². The molecule has 1 aromatic carbocycles. The first-order valence-corrected chi connectivity index (χ1v) is 6.73. The van der Waals surface area contributed by atoms with E-state index in [1.54, 1.807) is 36.2 Å². The second-order valence-electron chi connectivity index (χ2n) is 4.78. The van der Waals surface area contributed by atoms with Crippen molar-refractivity contribution in [3.8, 4) is 6.07 Å². The van der Waals surface area contributed by atoms with E-state index in [9.17, 15) is 9.59 Å². The van der Waals surface area contributed by atoms with Gasteiger partial charge in [-0.3, -0.25) is 9.59 Å². The molecule has 1 aliphatic heterocycles. The summed E-state index contributed by atoms with van der Waals surface area (Å²) in [6, 6.07) is 8.33. The first-order valence-electron chi connectivity index (χ1n) is 6.73. The summed E-state index contributed by atoms with van der Waals surface area (Å²) in [5.74, 6) is -0.334. The van der Waals surface area contributed by atoms with Crippen LogP contribution in [0.1, 0.15) is 11.1 Å². The highest BCUT2D eigenvalue weighted by Crippen LogP contribution is 2.11. The average Bonchev–Trinajstić information content (AvgIpc) is 2.54. The number of amides is 2. The van der Waals surface area contributed by atoms with Crippen LogP contribution in [0, 0.1) is 11.3 Å². The van der Waals surface area contributed by atoms with Crippen LogP contribution >= 0.6 is 0 Å². The highest BCUT2D eigenvalue weighted by Gasteiger charge is 2.31. The number of carbonyl (C=O) groups is 2. The van der Waals surface area contributed by atoms with Crippen molar-refractivity contribution in [2.45, 2.75) is 12.5 Å². The highest BCUT2D eigenvalue weighted by molar-refractivity contribution is 5.88. The van der Waals surface area contributed by atoms with Crippen molar-refractivity contribution < 1.29 is 14.3 Å². The lowest BCUT2D eigenvalue weighted by molar-refractivity contribution is -0.147. The van der Waals surface area contributed by atoms with E-state index < -0.39 is 6.04 Å². The van der Waals surface area contributed by atoms with Crippen molar-refractivity contribution in [1.29, 1.82) is 5.26 Å². The van der Waals surface area contributed by atoms with E-state index in [0.717, 1.165) is 5.56 Å². The van der Waals surface area contributed by atoms with Gasteiger partial charge in [-0.25, -0.2) is 0 Å². The molecule has 21 heavy (non-hydrogen) atoms. The van der Waals surface area contributed by atoms with E-state index in [1.807, 2.05) is 6.07 Å². The van der Waals surface area contributed by atoms with E-state index in [2.05, 4.69) is 5.32 Å². The van der Waals surface area contributed by atoms with Gasteiger partial charge < -0.3 is 15.0 Å². The summed E-state index contributed by atoms with van der Waals surface area (Å²) >= 11 is 0. The van der Waals surface area contributed by atoms with Gasteiger partial charge in [-0.05, 0) is 17.7 Å². The van der Waals surface area contributed by atoms with Gasteiger partial charge in [0.25, 0.3) is 0 Å². The molecule has 0 bridgehead atoms. The number of morpholine rings is 1.